The maximum absolute atomic E-state index is 14.5. The molecule has 13 atom stereocenters. The van der Waals surface area contributed by atoms with Gasteiger partial charge in [0, 0.05) is 56.0 Å². The molecule has 1 heterocycles. The summed E-state index contributed by atoms with van der Waals surface area (Å²) in [4.78, 5) is 140. The van der Waals surface area contributed by atoms with Crippen LogP contribution in [0.5, 0.6) is 0 Å². The van der Waals surface area contributed by atoms with E-state index in [4.69, 9.17) is 28.7 Å². The molecule has 0 bridgehead atoms. The van der Waals surface area contributed by atoms with Crippen molar-refractivity contribution in [2.24, 2.45) is 64.2 Å². The first-order valence-electron chi connectivity index (χ1n) is 26.9. The Labute approximate surface area is 446 Å². The first kappa shape index (κ1) is 64.7. The molecular formula is C53H87N11O12. The number of hydrogen-bond donors (Lipinski definition) is 13. The van der Waals surface area contributed by atoms with Crippen LogP contribution in [0.3, 0.4) is 0 Å². The Bertz CT molecular complexity index is 2110. The number of aliphatic hydroxyl groups is 2. The Balaban J connectivity index is 2.10. The van der Waals surface area contributed by atoms with Crippen LogP contribution in [0, 0.1) is 35.5 Å². The number of nitrogens with two attached hydrogens (primary N) is 5. The zero-order valence-electron chi connectivity index (χ0n) is 44.8. The van der Waals surface area contributed by atoms with Gasteiger partial charge in [-0.2, -0.15) is 0 Å². The van der Waals surface area contributed by atoms with Crippen molar-refractivity contribution in [3.8, 4) is 0 Å². The molecule has 23 heteroatoms. The average Bonchev–Trinajstić information content (AvgIpc) is 3.81. The SMILES string of the molecule is CC(C)C[C@@H]1NC(=O)[C@@H](Cc2ccccc2)CC(=O)[C@H](CCN)NC(=O)[C@@H](CC(=O)[C@H](CCN)NC(=O)[C@@H](CC(=O)[C@H]2CC[C@@H](N)C2)C(C)O)CCNC(=O)[C@H](C(C)O)CC(=O)[C@H](CCN)NC(=O)[C@H](CCN)NC1=O. The van der Waals surface area contributed by atoms with E-state index in [9.17, 15) is 58.2 Å². The van der Waals surface area contributed by atoms with Crippen LogP contribution in [-0.2, 0) is 54.4 Å². The van der Waals surface area contributed by atoms with Gasteiger partial charge in [-0.25, -0.2) is 0 Å². The van der Waals surface area contributed by atoms with Gasteiger partial charge in [0.15, 0.2) is 17.3 Å². The highest BCUT2D eigenvalue weighted by atomic mass is 16.3. The van der Waals surface area contributed by atoms with E-state index in [0.29, 0.717) is 24.8 Å². The monoisotopic (exact) mass is 1070 g/mol. The molecule has 3 rings (SSSR count). The fourth-order valence-corrected chi connectivity index (χ4v) is 9.75. The lowest BCUT2D eigenvalue weighted by Crippen LogP contribution is -2.57. The average molecular weight is 1070 g/mol. The summed E-state index contributed by atoms with van der Waals surface area (Å²) in [5.41, 5.74) is 30.3. The van der Waals surface area contributed by atoms with Crippen molar-refractivity contribution in [1.29, 1.82) is 0 Å². The molecule has 1 aromatic rings. The van der Waals surface area contributed by atoms with E-state index in [0.717, 1.165) is 0 Å². The zero-order chi connectivity index (χ0) is 56.6. The fourth-order valence-electron chi connectivity index (χ4n) is 9.75. The number of ketones is 4. The second-order valence-corrected chi connectivity index (χ2v) is 21.1. The number of carbonyl (C=O) groups excluding carboxylic acids is 10. The second kappa shape index (κ2) is 32.9. The zero-order valence-corrected chi connectivity index (χ0v) is 44.8. The Morgan fingerprint density at radius 1 is 0.671 bits per heavy atom. The van der Waals surface area contributed by atoms with Gasteiger partial charge in [-0.15, -0.1) is 0 Å². The van der Waals surface area contributed by atoms with Crippen LogP contribution in [0.25, 0.3) is 0 Å². The summed E-state index contributed by atoms with van der Waals surface area (Å²) in [5, 5.41) is 37.5. The minimum Gasteiger partial charge on any atom is -0.393 e. The quantitative estimate of drug-likeness (QED) is 0.0586. The maximum Gasteiger partial charge on any atom is 0.243 e. The van der Waals surface area contributed by atoms with Crippen molar-refractivity contribution in [2.45, 2.75) is 166 Å². The molecule has 1 aliphatic carbocycles. The third kappa shape index (κ3) is 21.1. The molecule has 1 aromatic carbocycles. The van der Waals surface area contributed by atoms with Crippen molar-refractivity contribution in [1.82, 2.24) is 31.9 Å². The Kier molecular flexibility index (Phi) is 28.0. The van der Waals surface area contributed by atoms with Crippen LogP contribution in [0.1, 0.15) is 117 Å². The van der Waals surface area contributed by atoms with E-state index in [1.807, 2.05) is 13.8 Å². The van der Waals surface area contributed by atoms with Crippen molar-refractivity contribution in [3.05, 3.63) is 35.9 Å². The number of rotatable bonds is 22. The minimum atomic E-state index is -1.41. The molecule has 0 radical (unpaired) electrons. The predicted molar refractivity (Wildman–Crippen MR) is 283 cm³/mol. The van der Waals surface area contributed by atoms with E-state index in [1.165, 1.54) is 13.8 Å². The highest BCUT2D eigenvalue weighted by molar-refractivity contribution is 5.98. The first-order chi connectivity index (χ1) is 36.0. The van der Waals surface area contributed by atoms with Crippen LogP contribution in [-0.4, -0.2) is 150 Å². The van der Waals surface area contributed by atoms with E-state index in [2.05, 4.69) is 31.9 Å². The summed E-state index contributed by atoms with van der Waals surface area (Å²) in [6.45, 7) is 5.65. The Morgan fingerprint density at radius 2 is 1.22 bits per heavy atom. The molecule has 1 saturated heterocycles. The summed E-state index contributed by atoms with van der Waals surface area (Å²) in [7, 11) is 0. The van der Waals surface area contributed by atoms with Crippen LogP contribution >= 0.6 is 0 Å². The summed E-state index contributed by atoms with van der Waals surface area (Å²) < 4.78 is 0. The number of amides is 6. The molecule has 2 fully saturated rings. The highest BCUT2D eigenvalue weighted by Crippen LogP contribution is 2.28. The van der Waals surface area contributed by atoms with Crippen molar-refractivity contribution < 1.29 is 58.2 Å². The topological polar surface area (TPSA) is 413 Å². The molecule has 6 amide bonds. The van der Waals surface area contributed by atoms with Gasteiger partial charge in [0.1, 0.15) is 17.9 Å². The summed E-state index contributed by atoms with van der Waals surface area (Å²) >= 11 is 0. The minimum absolute atomic E-state index is 0.0316. The van der Waals surface area contributed by atoms with Crippen LogP contribution in [0.15, 0.2) is 30.3 Å². The van der Waals surface area contributed by atoms with Gasteiger partial charge in [-0.3, -0.25) is 47.9 Å². The molecule has 76 heavy (non-hydrogen) atoms. The fraction of sp³-hybridized carbons (Fsp3) is 0.698. The lowest BCUT2D eigenvalue weighted by atomic mass is 9.88. The third-order valence-corrected chi connectivity index (χ3v) is 14.3. The van der Waals surface area contributed by atoms with E-state index < -0.39 is 138 Å². The molecule has 2 aliphatic rings. The molecule has 18 N–H and O–H groups in total. The number of carbonyl (C=O) groups is 10. The van der Waals surface area contributed by atoms with Crippen molar-refractivity contribution >= 4 is 58.6 Å². The Hall–Kier alpha value is -5.56. The molecule has 1 saturated carbocycles. The number of nitrogens with one attached hydrogen (secondary N) is 6. The van der Waals surface area contributed by atoms with Crippen LogP contribution in [0.2, 0.25) is 0 Å². The van der Waals surface area contributed by atoms with Gasteiger partial charge in [0.05, 0.1) is 42.2 Å². The molecule has 2 unspecified atom stereocenters. The predicted octanol–water partition coefficient (Wildman–Crippen LogP) is -2.20. The van der Waals surface area contributed by atoms with E-state index in [-0.39, 0.29) is 108 Å². The lowest BCUT2D eigenvalue weighted by molar-refractivity contribution is -0.137. The van der Waals surface area contributed by atoms with Gasteiger partial charge in [0.2, 0.25) is 35.4 Å². The second-order valence-electron chi connectivity index (χ2n) is 21.1. The van der Waals surface area contributed by atoms with Crippen LogP contribution < -0.4 is 60.6 Å². The largest absolute Gasteiger partial charge is 0.393 e. The molecule has 23 nitrogen and oxygen atoms in total. The molecular weight excluding hydrogens is 983 g/mol. The number of benzene rings is 1. The smallest absolute Gasteiger partial charge is 0.243 e. The summed E-state index contributed by atoms with van der Waals surface area (Å²) in [5.74, 6) is -12.3. The maximum atomic E-state index is 14.5. The van der Waals surface area contributed by atoms with Gasteiger partial charge in [0.25, 0.3) is 0 Å². The number of Topliss-reactive ketones (excluding diaryl/α,β-unsaturated/α-hetero) is 4. The van der Waals surface area contributed by atoms with Gasteiger partial charge in [-0.05, 0) is 116 Å². The number of aliphatic hydroxyl groups excluding tert-OH is 2. The number of hydrogen-bond acceptors (Lipinski definition) is 17. The van der Waals surface area contributed by atoms with Gasteiger partial charge in [-0.1, -0.05) is 44.2 Å². The highest BCUT2D eigenvalue weighted by Gasteiger charge is 2.38. The van der Waals surface area contributed by atoms with Gasteiger partial charge >= 0.3 is 0 Å². The third-order valence-electron chi connectivity index (χ3n) is 14.3. The van der Waals surface area contributed by atoms with Crippen molar-refractivity contribution in [3.63, 3.8) is 0 Å². The molecule has 1 aliphatic heterocycles. The van der Waals surface area contributed by atoms with Gasteiger partial charge < -0.3 is 70.8 Å². The first-order valence-corrected chi connectivity index (χ1v) is 26.9. The summed E-state index contributed by atoms with van der Waals surface area (Å²) in [6, 6.07) is 2.30. The van der Waals surface area contributed by atoms with E-state index >= 15 is 0 Å². The van der Waals surface area contributed by atoms with E-state index in [1.54, 1.807) is 30.3 Å². The Morgan fingerprint density at radius 3 is 1.78 bits per heavy atom. The summed E-state index contributed by atoms with van der Waals surface area (Å²) in [6.07, 6.45) is -3.40. The molecule has 0 aromatic heterocycles. The van der Waals surface area contributed by atoms with Crippen molar-refractivity contribution in [2.75, 3.05) is 32.7 Å². The molecule has 0 spiro atoms. The lowest BCUT2D eigenvalue weighted by Gasteiger charge is -2.28. The van der Waals surface area contributed by atoms with Crippen LogP contribution in [0.4, 0.5) is 0 Å². The standard InChI is InChI=1S/C53H87N11O12/c1-29(2)22-43-53(76)63-42(15-20-57)52(75)62-41(14-19-56)47(70)28-37(30(3)65)50(73)59-21-16-34(48(71)60-39(12-17-54)46(69)26-35(49(72)64-43)23-32-8-6-5-7-9-32)25-45(68)40(13-18-55)61-51(74)38(31(4)66)27-44(67)33-10-11-36(58)24-33/h5-9,29-31,33-43,65-66H,10-28,54-58H2,1-4H3,(H,59,73)(H,60,71)(H,61,74)(H,62,75)(H,63,76)(H,64,72)/t30?,31?,33-,34+,35-,36+,37-,38-,39-,40-,41-,42-,43-/m0/s1. The normalized spacial score (nSPS) is 26.7. The molecule has 426 valence electrons.